The Morgan fingerprint density at radius 3 is 2.24 bits per heavy atom. The Bertz CT molecular complexity index is 755. The fourth-order valence-electron chi connectivity index (χ4n) is 2.24. The van der Waals surface area contributed by atoms with Crippen LogP contribution in [0.3, 0.4) is 0 Å². The highest BCUT2D eigenvalue weighted by Crippen LogP contribution is 2.27. The van der Waals surface area contributed by atoms with Crippen molar-refractivity contribution < 1.29 is 19.0 Å². The number of hydrazone groups is 1. The Labute approximate surface area is 147 Å². The van der Waals surface area contributed by atoms with E-state index in [1.54, 1.807) is 27.4 Å². The van der Waals surface area contributed by atoms with Crippen molar-refractivity contribution in [3.8, 4) is 17.2 Å². The molecule has 1 N–H and O–H groups in total. The van der Waals surface area contributed by atoms with Gasteiger partial charge in [0, 0.05) is 5.56 Å². The van der Waals surface area contributed by atoms with E-state index in [4.69, 9.17) is 14.2 Å². The molecule has 2 rings (SSSR count). The number of amides is 1. The molecular weight excluding hydrogens is 320 g/mol. The normalized spacial score (nSPS) is 11.0. The van der Waals surface area contributed by atoms with Gasteiger partial charge < -0.3 is 14.2 Å². The zero-order valence-corrected chi connectivity index (χ0v) is 14.8. The lowest BCUT2D eigenvalue weighted by atomic mass is 10.1. The van der Waals surface area contributed by atoms with Crippen molar-refractivity contribution in [3.63, 3.8) is 0 Å². The summed E-state index contributed by atoms with van der Waals surface area (Å²) in [4.78, 5) is 12.0. The van der Waals surface area contributed by atoms with E-state index in [0.717, 1.165) is 16.9 Å². The molecule has 0 saturated heterocycles. The molecule has 132 valence electrons. The predicted molar refractivity (Wildman–Crippen MR) is 96.6 cm³/mol. The zero-order chi connectivity index (χ0) is 18.2. The van der Waals surface area contributed by atoms with Gasteiger partial charge in [-0.3, -0.25) is 4.79 Å². The molecule has 0 radical (unpaired) electrons. The van der Waals surface area contributed by atoms with Crippen LogP contribution in [-0.4, -0.2) is 32.9 Å². The maximum absolute atomic E-state index is 12.0. The standard InChI is InChI=1S/C19H22N2O4/c1-13(15-7-10-17(24-3)18(12-15)25-4)20-21-19(22)11-14-5-8-16(23-2)9-6-14/h5-10,12H,11H2,1-4H3,(H,21,22)/b20-13-. The molecular formula is C19H22N2O4. The molecule has 0 bridgehead atoms. The minimum atomic E-state index is -0.190. The predicted octanol–water partition coefficient (Wildman–Crippen LogP) is 2.80. The van der Waals surface area contributed by atoms with Crippen LogP contribution in [0.5, 0.6) is 17.2 Å². The Morgan fingerprint density at radius 2 is 1.64 bits per heavy atom. The van der Waals surface area contributed by atoms with Crippen molar-refractivity contribution in [1.82, 2.24) is 5.43 Å². The summed E-state index contributed by atoms with van der Waals surface area (Å²) in [6, 6.07) is 12.8. The fourth-order valence-corrected chi connectivity index (χ4v) is 2.24. The van der Waals surface area contributed by atoms with Crippen molar-refractivity contribution in [1.29, 1.82) is 0 Å². The van der Waals surface area contributed by atoms with E-state index in [9.17, 15) is 4.79 Å². The van der Waals surface area contributed by atoms with E-state index in [0.29, 0.717) is 17.2 Å². The smallest absolute Gasteiger partial charge is 0.244 e. The van der Waals surface area contributed by atoms with E-state index < -0.39 is 0 Å². The van der Waals surface area contributed by atoms with Crippen LogP contribution in [0, 0.1) is 0 Å². The molecule has 0 fully saturated rings. The van der Waals surface area contributed by atoms with Gasteiger partial charge in [-0.15, -0.1) is 0 Å². The number of carbonyl (C=O) groups is 1. The summed E-state index contributed by atoms with van der Waals surface area (Å²) in [6.45, 7) is 1.81. The molecule has 6 heteroatoms. The van der Waals surface area contributed by atoms with Crippen molar-refractivity contribution in [2.75, 3.05) is 21.3 Å². The Balaban J connectivity index is 2.00. The highest BCUT2D eigenvalue weighted by atomic mass is 16.5. The van der Waals surface area contributed by atoms with Gasteiger partial charge in [-0.1, -0.05) is 12.1 Å². The highest BCUT2D eigenvalue weighted by molar-refractivity contribution is 5.99. The van der Waals surface area contributed by atoms with Crippen LogP contribution >= 0.6 is 0 Å². The first-order valence-corrected chi connectivity index (χ1v) is 7.75. The number of hydrogen-bond donors (Lipinski definition) is 1. The van der Waals surface area contributed by atoms with E-state index in [1.165, 1.54) is 0 Å². The molecule has 1 amide bonds. The van der Waals surface area contributed by atoms with Gasteiger partial charge >= 0.3 is 0 Å². The van der Waals surface area contributed by atoms with Crippen LogP contribution in [0.1, 0.15) is 18.1 Å². The molecule has 2 aromatic rings. The first-order chi connectivity index (χ1) is 12.1. The monoisotopic (exact) mass is 342 g/mol. The SMILES string of the molecule is COc1ccc(CC(=O)N/N=C(/C)c2ccc(OC)c(OC)c2)cc1. The minimum absolute atomic E-state index is 0.190. The Kier molecular flexibility index (Phi) is 6.39. The fraction of sp³-hybridized carbons (Fsp3) is 0.263. The second kappa shape index (κ2) is 8.73. The van der Waals surface area contributed by atoms with Gasteiger partial charge in [0.2, 0.25) is 5.91 Å². The molecule has 0 aromatic heterocycles. The first kappa shape index (κ1) is 18.3. The molecule has 0 heterocycles. The van der Waals surface area contributed by atoms with Gasteiger partial charge in [-0.05, 0) is 42.8 Å². The molecule has 0 saturated carbocycles. The molecule has 0 aliphatic carbocycles. The second-order valence-electron chi connectivity index (χ2n) is 5.33. The van der Waals surface area contributed by atoms with E-state index in [1.807, 2.05) is 43.3 Å². The second-order valence-corrected chi connectivity index (χ2v) is 5.33. The summed E-state index contributed by atoms with van der Waals surface area (Å²) in [5.41, 5.74) is 4.96. The number of hydrogen-bond acceptors (Lipinski definition) is 5. The maximum atomic E-state index is 12.0. The van der Waals surface area contributed by atoms with Crippen LogP contribution in [0.4, 0.5) is 0 Å². The summed E-state index contributed by atoms with van der Waals surface area (Å²) in [5, 5.41) is 4.15. The van der Waals surface area contributed by atoms with Crippen molar-refractivity contribution in [2.24, 2.45) is 5.10 Å². The molecule has 0 spiro atoms. The summed E-state index contributed by atoms with van der Waals surface area (Å²) < 4.78 is 15.6. The number of carbonyl (C=O) groups excluding carboxylic acids is 1. The van der Waals surface area contributed by atoms with Gasteiger partial charge in [-0.2, -0.15) is 5.10 Å². The van der Waals surface area contributed by atoms with Crippen LogP contribution in [0.15, 0.2) is 47.6 Å². The molecule has 0 aliphatic rings. The number of methoxy groups -OCH3 is 3. The lowest BCUT2D eigenvalue weighted by molar-refractivity contribution is -0.120. The van der Waals surface area contributed by atoms with Crippen LogP contribution in [0.25, 0.3) is 0 Å². The maximum Gasteiger partial charge on any atom is 0.244 e. The van der Waals surface area contributed by atoms with E-state index in [-0.39, 0.29) is 12.3 Å². The summed E-state index contributed by atoms with van der Waals surface area (Å²) in [7, 11) is 4.76. The van der Waals surface area contributed by atoms with Crippen molar-refractivity contribution >= 4 is 11.6 Å². The number of nitrogens with one attached hydrogen (secondary N) is 1. The average Bonchev–Trinajstić information content (AvgIpc) is 2.66. The summed E-state index contributed by atoms with van der Waals surface area (Å²) in [6.07, 6.45) is 0.243. The van der Waals surface area contributed by atoms with Crippen molar-refractivity contribution in [3.05, 3.63) is 53.6 Å². The van der Waals surface area contributed by atoms with Crippen molar-refractivity contribution in [2.45, 2.75) is 13.3 Å². The molecule has 25 heavy (non-hydrogen) atoms. The topological polar surface area (TPSA) is 69.2 Å². The van der Waals surface area contributed by atoms with Crippen LogP contribution in [-0.2, 0) is 11.2 Å². The quantitative estimate of drug-likeness (QED) is 0.620. The van der Waals surface area contributed by atoms with Gasteiger partial charge in [-0.25, -0.2) is 5.43 Å². The van der Waals surface area contributed by atoms with Gasteiger partial charge in [0.25, 0.3) is 0 Å². The Hall–Kier alpha value is -3.02. The highest BCUT2D eigenvalue weighted by Gasteiger charge is 2.07. The molecule has 6 nitrogen and oxygen atoms in total. The molecule has 0 aliphatic heterocycles. The number of ether oxygens (including phenoxy) is 3. The van der Waals surface area contributed by atoms with Crippen LogP contribution in [0.2, 0.25) is 0 Å². The third-order valence-electron chi connectivity index (χ3n) is 3.67. The average molecular weight is 342 g/mol. The first-order valence-electron chi connectivity index (χ1n) is 7.75. The number of nitrogens with zero attached hydrogens (tertiary/aromatic N) is 1. The Morgan fingerprint density at radius 1 is 0.960 bits per heavy atom. The van der Waals surface area contributed by atoms with E-state index in [2.05, 4.69) is 10.5 Å². The minimum Gasteiger partial charge on any atom is -0.497 e. The zero-order valence-electron chi connectivity index (χ0n) is 14.8. The molecule has 0 unspecified atom stereocenters. The van der Waals surface area contributed by atoms with Gasteiger partial charge in [0.1, 0.15) is 5.75 Å². The van der Waals surface area contributed by atoms with E-state index >= 15 is 0 Å². The van der Waals surface area contributed by atoms with Crippen LogP contribution < -0.4 is 19.6 Å². The summed E-state index contributed by atoms with van der Waals surface area (Å²) >= 11 is 0. The molecule has 0 atom stereocenters. The van der Waals surface area contributed by atoms with Gasteiger partial charge in [0.05, 0.1) is 33.5 Å². The third-order valence-corrected chi connectivity index (χ3v) is 3.67. The number of rotatable bonds is 7. The van der Waals surface area contributed by atoms with Gasteiger partial charge in [0.15, 0.2) is 11.5 Å². The lowest BCUT2D eigenvalue weighted by Crippen LogP contribution is -2.21. The molecule has 2 aromatic carbocycles. The third kappa shape index (κ3) is 4.97. The number of benzene rings is 2. The largest absolute Gasteiger partial charge is 0.497 e. The summed E-state index contributed by atoms with van der Waals surface area (Å²) in [5.74, 6) is 1.82. The lowest BCUT2D eigenvalue weighted by Gasteiger charge is -2.09.